The molecule has 0 aliphatic carbocycles. The number of carbonyl (C=O) groups excluding carboxylic acids is 1. The third-order valence-corrected chi connectivity index (χ3v) is 2.90. The second kappa shape index (κ2) is 6.56. The standard InChI is InChI=1S/C16H15NO4/c17-16(20)13-3-1-2-12(8-13)10-21-14-6-4-11(5-7-14)9-15(18)19/h1-8H,9-10H2,(H2,17,20)(H,18,19). The van der Waals surface area contributed by atoms with E-state index in [0.29, 0.717) is 23.5 Å². The Balaban J connectivity index is 1.98. The third kappa shape index (κ3) is 4.35. The Kier molecular flexibility index (Phi) is 4.56. The summed E-state index contributed by atoms with van der Waals surface area (Å²) in [5.41, 5.74) is 7.20. The van der Waals surface area contributed by atoms with Gasteiger partial charge in [0.15, 0.2) is 0 Å². The summed E-state index contributed by atoms with van der Waals surface area (Å²) in [6.45, 7) is 0.305. The van der Waals surface area contributed by atoms with Crippen molar-refractivity contribution in [3.05, 3.63) is 65.2 Å². The van der Waals surface area contributed by atoms with Gasteiger partial charge in [0.05, 0.1) is 6.42 Å². The van der Waals surface area contributed by atoms with E-state index < -0.39 is 11.9 Å². The molecule has 0 unspecified atom stereocenters. The fraction of sp³-hybridized carbons (Fsp3) is 0.125. The molecule has 2 rings (SSSR count). The number of ether oxygens (including phenoxy) is 1. The highest BCUT2D eigenvalue weighted by atomic mass is 16.5. The largest absolute Gasteiger partial charge is 0.489 e. The maximum Gasteiger partial charge on any atom is 0.307 e. The Morgan fingerprint density at radius 2 is 1.76 bits per heavy atom. The number of primary amides is 1. The number of rotatable bonds is 6. The molecule has 0 atom stereocenters. The number of nitrogens with two attached hydrogens (primary N) is 1. The lowest BCUT2D eigenvalue weighted by Crippen LogP contribution is -2.11. The molecule has 0 saturated carbocycles. The molecule has 0 aromatic heterocycles. The summed E-state index contributed by atoms with van der Waals surface area (Å²) in [6, 6.07) is 13.8. The molecule has 5 heteroatoms. The molecular weight excluding hydrogens is 270 g/mol. The number of carbonyl (C=O) groups is 2. The first-order chi connectivity index (χ1) is 10.0. The fourth-order valence-corrected chi connectivity index (χ4v) is 1.86. The van der Waals surface area contributed by atoms with Crippen LogP contribution in [-0.4, -0.2) is 17.0 Å². The summed E-state index contributed by atoms with van der Waals surface area (Å²) in [5.74, 6) is -0.713. The normalized spacial score (nSPS) is 10.1. The molecule has 108 valence electrons. The van der Waals surface area contributed by atoms with E-state index >= 15 is 0 Å². The molecule has 5 nitrogen and oxygen atoms in total. The topological polar surface area (TPSA) is 89.6 Å². The van der Waals surface area contributed by atoms with Crippen molar-refractivity contribution < 1.29 is 19.4 Å². The Morgan fingerprint density at radius 1 is 1.05 bits per heavy atom. The van der Waals surface area contributed by atoms with Crippen molar-refractivity contribution in [2.45, 2.75) is 13.0 Å². The molecule has 2 aromatic carbocycles. The maximum atomic E-state index is 11.1. The van der Waals surface area contributed by atoms with E-state index in [1.165, 1.54) is 0 Å². The molecule has 1 amide bonds. The average Bonchev–Trinajstić information content (AvgIpc) is 2.46. The van der Waals surface area contributed by atoms with Crippen LogP contribution < -0.4 is 10.5 Å². The van der Waals surface area contributed by atoms with E-state index in [4.69, 9.17) is 15.6 Å². The smallest absolute Gasteiger partial charge is 0.307 e. The monoisotopic (exact) mass is 285 g/mol. The Labute approximate surface area is 122 Å². The number of amides is 1. The van der Waals surface area contributed by atoms with Gasteiger partial charge in [-0.05, 0) is 35.4 Å². The summed E-state index contributed by atoms with van der Waals surface area (Å²) >= 11 is 0. The molecule has 21 heavy (non-hydrogen) atoms. The Bertz CT molecular complexity index is 650. The van der Waals surface area contributed by atoms with Crippen LogP contribution in [0.3, 0.4) is 0 Å². The minimum atomic E-state index is -0.869. The van der Waals surface area contributed by atoms with E-state index in [-0.39, 0.29) is 6.42 Å². The van der Waals surface area contributed by atoms with Crippen molar-refractivity contribution in [3.63, 3.8) is 0 Å². The molecular formula is C16H15NO4. The van der Waals surface area contributed by atoms with Crippen molar-refractivity contribution in [2.75, 3.05) is 0 Å². The lowest BCUT2D eigenvalue weighted by Gasteiger charge is -2.07. The minimum absolute atomic E-state index is 0.0130. The molecule has 2 aromatic rings. The zero-order valence-electron chi connectivity index (χ0n) is 11.3. The van der Waals surface area contributed by atoms with Gasteiger partial charge in [0, 0.05) is 5.56 Å². The van der Waals surface area contributed by atoms with Gasteiger partial charge in [-0.2, -0.15) is 0 Å². The van der Waals surface area contributed by atoms with E-state index in [2.05, 4.69) is 0 Å². The van der Waals surface area contributed by atoms with Crippen LogP contribution in [0.2, 0.25) is 0 Å². The molecule has 3 N–H and O–H groups in total. The second-order valence-corrected chi connectivity index (χ2v) is 4.57. The summed E-state index contributed by atoms with van der Waals surface area (Å²) in [5, 5.41) is 8.69. The predicted octanol–water partition coefficient (Wildman–Crippen LogP) is 1.99. The lowest BCUT2D eigenvalue weighted by atomic mass is 10.1. The first-order valence-corrected chi connectivity index (χ1v) is 6.37. The van der Waals surface area contributed by atoms with E-state index in [1.54, 1.807) is 42.5 Å². The van der Waals surface area contributed by atoms with Crippen LogP contribution in [0.1, 0.15) is 21.5 Å². The summed E-state index contributed by atoms with van der Waals surface area (Å²) in [7, 11) is 0. The molecule has 0 radical (unpaired) electrons. The fourth-order valence-electron chi connectivity index (χ4n) is 1.86. The molecule has 0 saturated heterocycles. The highest BCUT2D eigenvalue weighted by Gasteiger charge is 2.03. The van der Waals surface area contributed by atoms with Crippen molar-refractivity contribution in [1.29, 1.82) is 0 Å². The molecule has 0 bridgehead atoms. The number of hydrogen-bond acceptors (Lipinski definition) is 3. The van der Waals surface area contributed by atoms with Gasteiger partial charge in [-0.1, -0.05) is 24.3 Å². The maximum absolute atomic E-state index is 11.1. The lowest BCUT2D eigenvalue weighted by molar-refractivity contribution is -0.136. The first-order valence-electron chi connectivity index (χ1n) is 6.37. The molecule has 0 fully saturated rings. The summed E-state index contributed by atoms with van der Waals surface area (Å²) < 4.78 is 5.59. The van der Waals surface area contributed by atoms with Crippen molar-refractivity contribution >= 4 is 11.9 Å². The van der Waals surface area contributed by atoms with E-state index in [9.17, 15) is 9.59 Å². The molecule has 0 heterocycles. The van der Waals surface area contributed by atoms with Crippen LogP contribution in [0, 0.1) is 0 Å². The number of benzene rings is 2. The van der Waals surface area contributed by atoms with Crippen LogP contribution in [0.5, 0.6) is 5.75 Å². The van der Waals surface area contributed by atoms with Crippen LogP contribution in [-0.2, 0) is 17.8 Å². The van der Waals surface area contributed by atoms with Gasteiger partial charge < -0.3 is 15.6 Å². The van der Waals surface area contributed by atoms with Gasteiger partial charge in [0.25, 0.3) is 0 Å². The highest BCUT2D eigenvalue weighted by Crippen LogP contribution is 2.15. The zero-order chi connectivity index (χ0) is 15.2. The number of carboxylic acid groups (broad SMARTS) is 1. The summed E-state index contributed by atoms with van der Waals surface area (Å²) in [6.07, 6.45) is -0.0130. The second-order valence-electron chi connectivity index (χ2n) is 4.57. The van der Waals surface area contributed by atoms with Gasteiger partial charge in [-0.3, -0.25) is 9.59 Å². The minimum Gasteiger partial charge on any atom is -0.489 e. The Hall–Kier alpha value is -2.82. The third-order valence-electron chi connectivity index (χ3n) is 2.90. The quantitative estimate of drug-likeness (QED) is 0.849. The van der Waals surface area contributed by atoms with Crippen LogP contribution in [0.4, 0.5) is 0 Å². The van der Waals surface area contributed by atoms with Crippen LogP contribution in [0.15, 0.2) is 48.5 Å². The van der Waals surface area contributed by atoms with E-state index in [0.717, 1.165) is 5.56 Å². The van der Waals surface area contributed by atoms with Crippen LogP contribution in [0.25, 0.3) is 0 Å². The first kappa shape index (κ1) is 14.6. The van der Waals surface area contributed by atoms with Crippen molar-refractivity contribution in [1.82, 2.24) is 0 Å². The van der Waals surface area contributed by atoms with Gasteiger partial charge in [0.2, 0.25) is 5.91 Å². The number of hydrogen-bond donors (Lipinski definition) is 2. The Morgan fingerprint density at radius 3 is 2.38 bits per heavy atom. The van der Waals surface area contributed by atoms with Crippen molar-refractivity contribution in [3.8, 4) is 5.75 Å². The van der Waals surface area contributed by atoms with Crippen molar-refractivity contribution in [2.24, 2.45) is 5.73 Å². The SMILES string of the molecule is NC(=O)c1cccc(COc2ccc(CC(=O)O)cc2)c1. The van der Waals surface area contributed by atoms with Gasteiger partial charge in [0.1, 0.15) is 12.4 Å². The number of aliphatic carboxylic acids is 1. The molecule has 0 aliphatic heterocycles. The van der Waals surface area contributed by atoms with Crippen LogP contribution >= 0.6 is 0 Å². The number of carboxylic acids is 1. The van der Waals surface area contributed by atoms with E-state index in [1.807, 2.05) is 6.07 Å². The highest BCUT2D eigenvalue weighted by molar-refractivity contribution is 5.92. The van der Waals surface area contributed by atoms with Gasteiger partial charge in [-0.25, -0.2) is 0 Å². The predicted molar refractivity (Wildman–Crippen MR) is 77.1 cm³/mol. The molecule has 0 spiro atoms. The molecule has 0 aliphatic rings. The zero-order valence-corrected chi connectivity index (χ0v) is 11.3. The van der Waals surface area contributed by atoms with Gasteiger partial charge in [-0.15, -0.1) is 0 Å². The average molecular weight is 285 g/mol. The van der Waals surface area contributed by atoms with Gasteiger partial charge >= 0.3 is 5.97 Å². The summed E-state index contributed by atoms with van der Waals surface area (Å²) in [4.78, 5) is 21.7.